The predicted octanol–water partition coefficient (Wildman–Crippen LogP) is 0.731. The zero-order chi connectivity index (χ0) is 13.0. The van der Waals surface area contributed by atoms with Crippen molar-refractivity contribution in [3.8, 4) is 0 Å². The number of nitrogens with zero attached hydrogens (tertiary/aromatic N) is 2. The number of aromatic nitrogens is 2. The smallest absolute Gasteiger partial charge is 0.237 e. The number of hydrogen-bond acceptors (Lipinski definition) is 3. The fraction of sp³-hybridized carbons (Fsp3) is 0.667. The van der Waals surface area contributed by atoms with Crippen molar-refractivity contribution in [3.63, 3.8) is 0 Å². The molecule has 0 aliphatic heterocycles. The molecule has 0 fully saturated rings. The molecule has 1 aromatic rings. The van der Waals surface area contributed by atoms with Crippen LogP contribution in [0.15, 0.2) is 6.20 Å². The average molecular weight is 238 g/mol. The first-order valence-electron chi connectivity index (χ1n) is 5.93. The molecule has 1 atom stereocenters. The van der Waals surface area contributed by atoms with E-state index in [1.165, 1.54) is 0 Å². The van der Waals surface area contributed by atoms with Gasteiger partial charge in [0.25, 0.3) is 0 Å². The van der Waals surface area contributed by atoms with Crippen molar-refractivity contribution in [2.24, 2.45) is 7.05 Å². The SMILES string of the molecule is Cc1c(CNC(C)C(=O)NC(C)C)cnn1C. The summed E-state index contributed by atoms with van der Waals surface area (Å²) in [6, 6.07) is -0.0242. The van der Waals surface area contributed by atoms with Gasteiger partial charge in [0.1, 0.15) is 0 Å². The van der Waals surface area contributed by atoms with E-state index >= 15 is 0 Å². The minimum absolute atomic E-state index is 0.0292. The third-order valence-corrected chi connectivity index (χ3v) is 2.76. The van der Waals surface area contributed by atoms with E-state index in [9.17, 15) is 4.79 Å². The molecule has 0 saturated heterocycles. The molecule has 0 bridgehead atoms. The normalized spacial score (nSPS) is 12.8. The molecule has 1 heterocycles. The zero-order valence-corrected chi connectivity index (χ0v) is 11.2. The average Bonchev–Trinajstić information content (AvgIpc) is 2.55. The van der Waals surface area contributed by atoms with Crippen molar-refractivity contribution in [3.05, 3.63) is 17.5 Å². The first-order valence-corrected chi connectivity index (χ1v) is 5.93. The lowest BCUT2D eigenvalue weighted by Crippen LogP contribution is -2.44. The molecular formula is C12H22N4O. The van der Waals surface area contributed by atoms with Crippen LogP contribution in [0.4, 0.5) is 0 Å². The molecule has 0 saturated carbocycles. The monoisotopic (exact) mass is 238 g/mol. The van der Waals surface area contributed by atoms with Crippen LogP contribution in [-0.2, 0) is 18.4 Å². The van der Waals surface area contributed by atoms with Crippen LogP contribution < -0.4 is 10.6 Å². The van der Waals surface area contributed by atoms with Gasteiger partial charge in [-0.1, -0.05) is 0 Å². The van der Waals surface area contributed by atoms with Crippen molar-refractivity contribution >= 4 is 5.91 Å². The summed E-state index contributed by atoms with van der Waals surface area (Å²) in [5.41, 5.74) is 2.24. The summed E-state index contributed by atoms with van der Waals surface area (Å²) in [7, 11) is 1.91. The number of carbonyl (C=O) groups excluding carboxylic acids is 1. The number of nitrogens with one attached hydrogen (secondary N) is 2. The Hall–Kier alpha value is -1.36. The van der Waals surface area contributed by atoms with Crippen LogP contribution in [0.1, 0.15) is 32.0 Å². The summed E-state index contributed by atoms with van der Waals surface area (Å²) < 4.78 is 1.83. The molecule has 0 spiro atoms. The van der Waals surface area contributed by atoms with Crippen LogP contribution in [0.25, 0.3) is 0 Å². The predicted molar refractivity (Wildman–Crippen MR) is 67.5 cm³/mol. The topological polar surface area (TPSA) is 59.0 Å². The second kappa shape index (κ2) is 5.82. The summed E-state index contributed by atoms with van der Waals surface area (Å²) in [6.45, 7) is 8.45. The van der Waals surface area contributed by atoms with Gasteiger partial charge in [-0.3, -0.25) is 9.48 Å². The molecule has 17 heavy (non-hydrogen) atoms. The first-order chi connectivity index (χ1) is 7.91. The Balaban J connectivity index is 2.45. The Bertz CT molecular complexity index is 384. The van der Waals surface area contributed by atoms with E-state index in [4.69, 9.17) is 0 Å². The van der Waals surface area contributed by atoms with Crippen molar-refractivity contribution in [1.82, 2.24) is 20.4 Å². The van der Waals surface area contributed by atoms with Crippen LogP contribution in [0.2, 0.25) is 0 Å². The lowest BCUT2D eigenvalue weighted by atomic mass is 10.2. The van der Waals surface area contributed by atoms with Gasteiger partial charge in [0.05, 0.1) is 12.2 Å². The Morgan fingerprint density at radius 2 is 2.12 bits per heavy atom. The largest absolute Gasteiger partial charge is 0.353 e. The molecule has 0 aliphatic rings. The Labute approximate surface area is 103 Å². The Kier molecular flexibility index (Phi) is 4.69. The number of carbonyl (C=O) groups is 1. The number of hydrogen-bond donors (Lipinski definition) is 2. The molecule has 96 valence electrons. The molecular weight excluding hydrogens is 216 g/mol. The maximum absolute atomic E-state index is 11.7. The van der Waals surface area contributed by atoms with Gasteiger partial charge in [0, 0.05) is 30.9 Å². The van der Waals surface area contributed by atoms with Gasteiger partial charge in [0.15, 0.2) is 0 Å². The van der Waals surface area contributed by atoms with E-state index in [1.54, 1.807) is 0 Å². The van der Waals surface area contributed by atoms with Crippen LogP contribution in [-0.4, -0.2) is 27.8 Å². The number of aryl methyl sites for hydroxylation is 1. The second-order valence-corrected chi connectivity index (χ2v) is 4.64. The molecule has 1 aromatic heterocycles. The molecule has 5 heteroatoms. The Morgan fingerprint density at radius 1 is 1.47 bits per heavy atom. The highest BCUT2D eigenvalue weighted by molar-refractivity contribution is 5.81. The van der Waals surface area contributed by atoms with Crippen molar-refractivity contribution in [2.75, 3.05) is 0 Å². The fourth-order valence-corrected chi connectivity index (χ4v) is 1.48. The van der Waals surface area contributed by atoms with E-state index in [2.05, 4.69) is 15.7 Å². The Morgan fingerprint density at radius 3 is 2.59 bits per heavy atom. The van der Waals surface area contributed by atoms with Crippen LogP contribution >= 0.6 is 0 Å². The molecule has 5 nitrogen and oxygen atoms in total. The highest BCUT2D eigenvalue weighted by Gasteiger charge is 2.13. The minimum Gasteiger partial charge on any atom is -0.353 e. The maximum atomic E-state index is 11.7. The van der Waals surface area contributed by atoms with E-state index in [0.29, 0.717) is 6.54 Å². The van der Waals surface area contributed by atoms with Gasteiger partial charge in [-0.2, -0.15) is 5.10 Å². The second-order valence-electron chi connectivity index (χ2n) is 4.64. The van der Waals surface area contributed by atoms with E-state index in [0.717, 1.165) is 11.3 Å². The molecule has 1 rings (SSSR count). The van der Waals surface area contributed by atoms with Gasteiger partial charge in [0.2, 0.25) is 5.91 Å². The highest BCUT2D eigenvalue weighted by Crippen LogP contribution is 2.05. The van der Waals surface area contributed by atoms with Gasteiger partial charge in [-0.25, -0.2) is 0 Å². The third-order valence-electron chi connectivity index (χ3n) is 2.76. The molecule has 2 N–H and O–H groups in total. The van der Waals surface area contributed by atoms with E-state index < -0.39 is 0 Å². The van der Waals surface area contributed by atoms with Gasteiger partial charge in [-0.15, -0.1) is 0 Å². The maximum Gasteiger partial charge on any atom is 0.237 e. The zero-order valence-electron chi connectivity index (χ0n) is 11.2. The summed E-state index contributed by atoms with van der Waals surface area (Å²) in [6.07, 6.45) is 1.83. The molecule has 1 unspecified atom stereocenters. The quantitative estimate of drug-likeness (QED) is 0.795. The van der Waals surface area contributed by atoms with Gasteiger partial charge in [-0.05, 0) is 27.7 Å². The lowest BCUT2D eigenvalue weighted by Gasteiger charge is -2.15. The van der Waals surface area contributed by atoms with Gasteiger partial charge < -0.3 is 10.6 Å². The standard InChI is InChI=1S/C12H22N4O/c1-8(2)15-12(17)9(3)13-6-11-7-14-16(5)10(11)4/h7-9,13H,6H2,1-5H3,(H,15,17). The number of rotatable bonds is 5. The minimum atomic E-state index is -0.197. The van der Waals surface area contributed by atoms with Gasteiger partial charge >= 0.3 is 0 Å². The summed E-state index contributed by atoms with van der Waals surface area (Å²) in [5, 5.41) is 10.2. The molecule has 0 aromatic carbocycles. The third kappa shape index (κ3) is 3.85. The van der Waals surface area contributed by atoms with E-state index in [-0.39, 0.29) is 18.0 Å². The van der Waals surface area contributed by atoms with Crippen LogP contribution in [0, 0.1) is 6.92 Å². The fourth-order valence-electron chi connectivity index (χ4n) is 1.48. The van der Waals surface area contributed by atoms with Crippen molar-refractivity contribution < 1.29 is 4.79 Å². The summed E-state index contributed by atoms with van der Waals surface area (Å²) in [4.78, 5) is 11.7. The van der Waals surface area contributed by atoms with Crippen molar-refractivity contribution in [1.29, 1.82) is 0 Å². The number of amides is 1. The lowest BCUT2D eigenvalue weighted by molar-refractivity contribution is -0.123. The summed E-state index contributed by atoms with van der Waals surface area (Å²) in [5.74, 6) is 0.0292. The van der Waals surface area contributed by atoms with Crippen molar-refractivity contribution in [2.45, 2.75) is 46.3 Å². The highest BCUT2D eigenvalue weighted by atomic mass is 16.2. The van der Waals surface area contributed by atoms with Crippen LogP contribution in [0.5, 0.6) is 0 Å². The first kappa shape index (κ1) is 13.7. The molecule has 0 aliphatic carbocycles. The summed E-state index contributed by atoms with van der Waals surface area (Å²) >= 11 is 0. The molecule has 0 radical (unpaired) electrons. The molecule has 1 amide bonds. The van der Waals surface area contributed by atoms with Crippen LogP contribution in [0.3, 0.4) is 0 Å². The van der Waals surface area contributed by atoms with E-state index in [1.807, 2.05) is 45.6 Å².